The normalized spacial score (nSPS) is 23.9. The highest BCUT2D eigenvalue weighted by Crippen LogP contribution is 2.33. The number of rotatable bonds is 18. The van der Waals surface area contributed by atoms with Gasteiger partial charge in [-0.05, 0) is 80.8 Å². The van der Waals surface area contributed by atoms with E-state index in [0.29, 0.717) is 16.7 Å². The lowest BCUT2D eigenvalue weighted by atomic mass is 9.90. The van der Waals surface area contributed by atoms with Gasteiger partial charge in [-0.15, -0.1) is 0 Å². The number of benzene rings is 9. The van der Waals surface area contributed by atoms with Gasteiger partial charge in [-0.3, -0.25) is 43.2 Å². The number of nitrogens with one attached hydrogen (secondary N) is 7. The maximum Gasteiger partial charge on any atom is 0.348 e. The third-order valence-corrected chi connectivity index (χ3v) is 23.6. The topological polar surface area (TPSA) is 451 Å². The molecule has 3 fully saturated rings. The summed E-state index contributed by atoms with van der Waals surface area (Å²) in [5.74, 6) is -53.4. The highest BCUT2D eigenvalue weighted by Gasteiger charge is 2.47. The van der Waals surface area contributed by atoms with Gasteiger partial charge in [0.1, 0.15) is 65.8 Å². The van der Waals surface area contributed by atoms with Crippen molar-refractivity contribution in [2.45, 2.75) is 171 Å². The molecule has 0 radical (unpaired) electrons. The van der Waals surface area contributed by atoms with E-state index in [1.807, 2.05) is 0 Å². The molecular weight excluding hydrogens is 1910 g/mol. The van der Waals surface area contributed by atoms with Crippen LogP contribution in [0.4, 0.5) is 65.9 Å². The van der Waals surface area contributed by atoms with Crippen molar-refractivity contribution in [3.8, 4) is 17.2 Å². The van der Waals surface area contributed by atoms with Crippen LogP contribution >= 0.6 is 0 Å². The smallest absolute Gasteiger partial charge is 0.348 e. The summed E-state index contributed by atoms with van der Waals surface area (Å²) in [5.41, 5.74) is -3.36. The molecule has 756 valence electrons. The third-order valence-electron chi connectivity index (χ3n) is 23.6. The van der Waals surface area contributed by atoms with E-state index in [4.69, 9.17) is 18.9 Å². The highest BCUT2D eigenvalue weighted by atomic mass is 19.2. The number of para-hydroxylation sites is 3. The van der Waals surface area contributed by atoms with Gasteiger partial charge in [-0.25, -0.2) is 80.2 Å². The van der Waals surface area contributed by atoms with Crippen LogP contribution in [0.15, 0.2) is 164 Å². The number of likely N-dealkylation sites (N-methyl/N-ethyl adjacent to an activating group) is 1. The molecule has 12 rings (SSSR count). The molecule has 0 aliphatic carbocycles. The highest BCUT2D eigenvalue weighted by molar-refractivity contribution is 6.02. The molecule has 13 N–H and O–H groups in total. The molecule has 3 saturated heterocycles. The Bertz CT molecular complexity index is 5900. The van der Waals surface area contributed by atoms with Gasteiger partial charge < -0.3 is 91.7 Å². The van der Waals surface area contributed by atoms with E-state index in [9.17, 15) is 154 Å². The number of phenols is 3. The molecule has 18 atom stereocenters. The van der Waals surface area contributed by atoms with Crippen molar-refractivity contribution >= 4 is 71.1 Å². The predicted molar refractivity (Wildman–Crippen MR) is 465 cm³/mol. The number of ether oxygens (including phenoxy) is 4. The number of esters is 4. The number of carbonyl (C=O) groups is 12. The SMILES string of the molecule is C[C@H]1OC(=O)C(Cc2ccccc2)N(C)C(=O)[C@H](C)[C@H](O)[C@H](Cc2c(F)c(F)c(F)c(F)c2F)NC(=O)[C@H]1NC(=O)c1ccccc1O.C[C@H]1OC(=O)C(Cc2ccccc2)NC(=O)[C@H](C)[C@H](O)[C@H](Cc2c(F)c(F)c(F)c(F)c2F)NC(=O)[C@H]1NC(=O)c1ccccc1O.C[C@H]1OC(=O)C(Cc2ccccc2)OC(=O)[C@H](C)[C@H](O)[C@H](Cc2c(F)c(F)c(F)c(F)c2F)NC(=O)[C@H]1NC(=O)c1ccccc1O. The molecule has 3 aliphatic rings. The summed E-state index contributed by atoms with van der Waals surface area (Å²) in [5, 5.41) is 80.1. The van der Waals surface area contributed by atoms with Gasteiger partial charge in [-0.2, -0.15) is 0 Å². The Morgan fingerprint density at radius 2 is 0.585 bits per heavy atom. The van der Waals surface area contributed by atoms with Crippen LogP contribution in [-0.4, -0.2) is 205 Å². The van der Waals surface area contributed by atoms with E-state index in [0.717, 1.165) is 18.7 Å². The first kappa shape index (κ1) is 109. The maximum absolute atomic E-state index is 14.8. The van der Waals surface area contributed by atoms with Crippen LogP contribution < -0.4 is 37.2 Å². The Morgan fingerprint density at radius 1 is 0.310 bits per heavy atom. The van der Waals surface area contributed by atoms with Crippen LogP contribution in [0.5, 0.6) is 17.2 Å². The first-order valence-electron chi connectivity index (χ1n) is 43.3. The predicted octanol–water partition coefficient (Wildman–Crippen LogP) is 8.52. The average Bonchev–Trinajstić information content (AvgIpc) is 0.790. The monoisotopic (exact) mass is 2000 g/mol. The Labute approximate surface area is 797 Å². The Kier molecular flexibility index (Phi) is 36.5. The zero-order chi connectivity index (χ0) is 105. The van der Waals surface area contributed by atoms with Crippen molar-refractivity contribution in [3.63, 3.8) is 0 Å². The second-order valence-electron chi connectivity index (χ2n) is 33.3. The number of hydrogen-bond acceptors (Lipinski definition) is 22. The standard InChI is InChI=1S/C33H32F5N3O7.C32H30F5N3O7.C32H29F5N2O8/c1-15-29(43)20(14-19-23(34)25(36)27(38)26(37)24(19)35)39-31(45)28(40-30(44)18-11-7-8-12-22(18)42)16(2)48-33(47)21(41(3)32(15)46)13-17-9-5-4-6-10-17;1-14-28(42)19(13-18-22(33)24(35)26(37)25(36)23(18)34)38-31(45)27(40-30(44)17-10-6-7-11-21(17)41)15(2)47-32(46)20(39-29(14)43)12-16-8-4-3-5-9-16;1-14-28(41)19(13-18-22(33)24(35)26(37)25(36)23(18)34)38-30(43)27(39-29(42)17-10-6-7-11-20(17)40)15(2)46-32(45)21(47-31(14)44)12-16-8-4-3-5-9-16/h4-12,15-16,20-21,28-29,42-43H,13-14H2,1-3H3,(H,39,45)(H,40,44);3-11,14-15,19-20,27-28,41-42H,12-13H2,1-2H3,(H,38,45)(H,39,43)(H,40,44);3-11,14-15,19,21,27-28,40-41H,12-13H2,1-2H3,(H,38,43)(H,39,42)/t15-,16-,20+,21?,28+,29+;14-,15-,19+,20?,27+,28+;14-,15-,19+,21?,27+,28+/m111/s1. The molecule has 3 aliphatic heterocycles. The molecule has 0 aromatic heterocycles. The van der Waals surface area contributed by atoms with Crippen molar-refractivity contribution in [3.05, 3.63) is 301 Å². The fourth-order valence-electron chi connectivity index (χ4n) is 15.3. The summed E-state index contributed by atoms with van der Waals surface area (Å²) in [6.45, 7) is 7.02. The number of cyclic esters (lactones) is 4. The minimum atomic E-state index is -2.43. The van der Waals surface area contributed by atoms with E-state index in [2.05, 4.69) is 37.2 Å². The van der Waals surface area contributed by atoms with E-state index in [1.54, 1.807) is 91.0 Å². The lowest BCUT2D eigenvalue weighted by molar-refractivity contribution is -0.177. The van der Waals surface area contributed by atoms with Crippen LogP contribution in [0.25, 0.3) is 0 Å². The lowest BCUT2D eigenvalue weighted by Gasteiger charge is -2.36. The molecule has 30 nitrogen and oxygen atoms in total. The fraction of sp³-hybridized carbons (Fsp3) is 0.320. The minimum Gasteiger partial charge on any atom is -0.507 e. The maximum atomic E-state index is 14.8. The number of nitrogens with zero attached hydrogens (tertiary/aromatic N) is 1. The number of halogens is 15. The Morgan fingerprint density at radius 3 is 0.915 bits per heavy atom. The number of hydrogen-bond donors (Lipinski definition) is 13. The van der Waals surface area contributed by atoms with Gasteiger partial charge in [0.25, 0.3) is 17.7 Å². The molecule has 9 aromatic rings. The molecule has 45 heteroatoms. The summed E-state index contributed by atoms with van der Waals surface area (Å²) in [6.07, 6.45) is -16.4. The zero-order valence-corrected chi connectivity index (χ0v) is 75.6. The van der Waals surface area contributed by atoms with Crippen LogP contribution in [-0.2, 0) is 101 Å². The lowest BCUT2D eigenvalue weighted by Crippen LogP contribution is -2.61. The first-order valence-corrected chi connectivity index (χ1v) is 43.3. The summed E-state index contributed by atoms with van der Waals surface area (Å²) < 4.78 is 236. The van der Waals surface area contributed by atoms with Gasteiger partial charge in [0.05, 0.1) is 70.9 Å². The second kappa shape index (κ2) is 47.7. The molecule has 3 unspecified atom stereocenters. The van der Waals surface area contributed by atoms with Crippen LogP contribution in [0.3, 0.4) is 0 Å². The third kappa shape index (κ3) is 25.5. The number of aliphatic hydroxyl groups excluding tert-OH is 3. The van der Waals surface area contributed by atoms with Crippen molar-refractivity contribution in [1.29, 1.82) is 0 Å². The first-order chi connectivity index (χ1) is 67.0. The molecule has 142 heavy (non-hydrogen) atoms. The zero-order valence-electron chi connectivity index (χ0n) is 75.6. The minimum absolute atomic E-state index is 0.0907. The largest absolute Gasteiger partial charge is 0.507 e. The van der Waals surface area contributed by atoms with Gasteiger partial charge in [0, 0.05) is 62.3 Å². The average molecular weight is 2010 g/mol. The number of aliphatic hydroxyl groups is 3. The fourth-order valence-corrected chi connectivity index (χ4v) is 15.3. The molecule has 0 bridgehead atoms. The Hall–Kier alpha value is -15.2. The van der Waals surface area contributed by atoms with Gasteiger partial charge in [0.15, 0.2) is 69.8 Å². The van der Waals surface area contributed by atoms with E-state index in [1.165, 1.54) is 108 Å². The summed E-state index contributed by atoms with van der Waals surface area (Å²) in [6, 6.07) is 26.8. The van der Waals surface area contributed by atoms with Crippen LogP contribution in [0.1, 0.15) is 106 Å². The van der Waals surface area contributed by atoms with Crippen molar-refractivity contribution < 1.29 is 173 Å². The van der Waals surface area contributed by atoms with Gasteiger partial charge >= 0.3 is 23.9 Å². The quantitative estimate of drug-likeness (QED) is 0.0126. The summed E-state index contributed by atoms with van der Waals surface area (Å²) in [7, 11) is 1.24. The summed E-state index contributed by atoms with van der Waals surface area (Å²) >= 11 is 0. The molecule has 3 heterocycles. The van der Waals surface area contributed by atoms with E-state index in [-0.39, 0.29) is 36.0 Å². The molecule has 0 spiro atoms. The number of aromatic hydroxyl groups is 3. The van der Waals surface area contributed by atoms with Crippen molar-refractivity contribution in [2.75, 3.05) is 7.05 Å². The van der Waals surface area contributed by atoms with Gasteiger partial charge in [-0.1, -0.05) is 141 Å². The van der Waals surface area contributed by atoms with E-state index >= 15 is 0 Å². The molecular formula is C97H91F15N8O22. The van der Waals surface area contributed by atoms with E-state index < -0.39 is 320 Å². The van der Waals surface area contributed by atoms with Crippen LogP contribution in [0, 0.1) is 105 Å². The van der Waals surface area contributed by atoms with Crippen molar-refractivity contribution in [2.24, 2.45) is 17.8 Å². The summed E-state index contributed by atoms with van der Waals surface area (Å²) in [4.78, 5) is 162. The number of carbonyl (C=O) groups excluding carboxylic acids is 12. The molecule has 8 amide bonds. The van der Waals surface area contributed by atoms with Crippen LogP contribution in [0.2, 0.25) is 0 Å². The molecule has 0 saturated carbocycles. The number of amides is 8. The van der Waals surface area contributed by atoms with Gasteiger partial charge in [0.2, 0.25) is 53.1 Å². The molecule has 9 aromatic carbocycles. The number of phenolic OH excluding ortho intramolecular Hbond substituents is 3. The Balaban J connectivity index is 0.000000219. The van der Waals surface area contributed by atoms with Crippen molar-refractivity contribution in [1.82, 2.24) is 42.1 Å². The second-order valence-corrected chi connectivity index (χ2v) is 33.3.